The summed E-state index contributed by atoms with van der Waals surface area (Å²) >= 11 is 0. The average molecular weight is 260 g/mol. The third-order valence-electron chi connectivity index (χ3n) is 4.02. The predicted octanol–water partition coefficient (Wildman–Crippen LogP) is 3.64. The molecule has 0 radical (unpaired) electrons. The maximum atomic E-state index is 12.4. The monoisotopic (exact) mass is 260 g/mol. The van der Waals surface area contributed by atoms with Gasteiger partial charge < -0.3 is 5.11 Å². The molecule has 1 saturated carbocycles. The standard InChI is InChI=1S/C16H20O3/c1-11(16(18)19)13-8-5-9-14(10-13)15(17)12-6-3-2-4-7-12/h5,8-12H,2-4,6-7H2,1H3,(H,18,19). The number of hydrogen-bond donors (Lipinski definition) is 1. The largest absolute Gasteiger partial charge is 0.481 e. The average Bonchev–Trinajstić information content (AvgIpc) is 2.46. The number of benzene rings is 1. The van der Waals surface area contributed by atoms with Gasteiger partial charge in [-0.1, -0.05) is 37.5 Å². The maximum Gasteiger partial charge on any atom is 0.310 e. The van der Waals surface area contributed by atoms with Crippen molar-refractivity contribution in [1.29, 1.82) is 0 Å². The van der Waals surface area contributed by atoms with Crippen LogP contribution in [-0.2, 0) is 4.79 Å². The van der Waals surface area contributed by atoms with Gasteiger partial charge in [-0.3, -0.25) is 9.59 Å². The van der Waals surface area contributed by atoms with E-state index in [0.717, 1.165) is 25.7 Å². The molecule has 3 heteroatoms. The van der Waals surface area contributed by atoms with Gasteiger partial charge in [-0.2, -0.15) is 0 Å². The summed E-state index contributed by atoms with van der Waals surface area (Å²) in [5.74, 6) is -1.12. The number of carbonyl (C=O) groups is 2. The molecule has 3 nitrogen and oxygen atoms in total. The normalized spacial score (nSPS) is 17.9. The molecule has 1 aromatic rings. The van der Waals surface area contributed by atoms with E-state index >= 15 is 0 Å². The molecule has 0 spiro atoms. The summed E-state index contributed by atoms with van der Waals surface area (Å²) in [4.78, 5) is 23.4. The van der Waals surface area contributed by atoms with Gasteiger partial charge >= 0.3 is 5.97 Å². The highest BCUT2D eigenvalue weighted by Crippen LogP contribution is 2.27. The van der Waals surface area contributed by atoms with Crippen molar-refractivity contribution in [3.05, 3.63) is 35.4 Å². The van der Waals surface area contributed by atoms with Crippen LogP contribution in [0.2, 0.25) is 0 Å². The highest BCUT2D eigenvalue weighted by atomic mass is 16.4. The second-order valence-electron chi connectivity index (χ2n) is 5.38. The number of carbonyl (C=O) groups excluding carboxylic acids is 1. The van der Waals surface area contributed by atoms with Gasteiger partial charge in [0.2, 0.25) is 0 Å². The molecule has 2 rings (SSSR count). The van der Waals surface area contributed by atoms with Crippen molar-refractivity contribution in [2.75, 3.05) is 0 Å². The summed E-state index contributed by atoms with van der Waals surface area (Å²) in [5, 5.41) is 9.03. The Balaban J connectivity index is 2.18. The van der Waals surface area contributed by atoms with Crippen LogP contribution in [0.25, 0.3) is 0 Å². The Bertz CT molecular complexity index is 473. The van der Waals surface area contributed by atoms with Gasteiger partial charge in [-0.15, -0.1) is 0 Å². The van der Waals surface area contributed by atoms with E-state index in [9.17, 15) is 9.59 Å². The van der Waals surface area contributed by atoms with E-state index in [2.05, 4.69) is 0 Å². The van der Waals surface area contributed by atoms with E-state index in [-0.39, 0.29) is 11.7 Å². The minimum Gasteiger partial charge on any atom is -0.481 e. The van der Waals surface area contributed by atoms with Gasteiger partial charge in [0, 0.05) is 11.5 Å². The molecular weight excluding hydrogens is 240 g/mol. The van der Waals surface area contributed by atoms with E-state index in [1.807, 2.05) is 0 Å². The molecule has 0 heterocycles. The van der Waals surface area contributed by atoms with Crippen molar-refractivity contribution in [3.8, 4) is 0 Å². The maximum absolute atomic E-state index is 12.4. The Morgan fingerprint density at radius 3 is 2.53 bits per heavy atom. The molecule has 19 heavy (non-hydrogen) atoms. The fourth-order valence-corrected chi connectivity index (χ4v) is 2.70. The minimum absolute atomic E-state index is 0.129. The van der Waals surface area contributed by atoms with Gasteiger partial charge in [0.15, 0.2) is 5.78 Å². The Morgan fingerprint density at radius 2 is 1.89 bits per heavy atom. The summed E-state index contributed by atoms with van der Waals surface area (Å²) < 4.78 is 0. The highest BCUT2D eigenvalue weighted by molar-refractivity contribution is 5.98. The topological polar surface area (TPSA) is 54.4 Å². The van der Waals surface area contributed by atoms with Crippen LogP contribution >= 0.6 is 0 Å². The fourth-order valence-electron chi connectivity index (χ4n) is 2.70. The molecule has 1 N–H and O–H groups in total. The van der Waals surface area contributed by atoms with Crippen LogP contribution in [0.5, 0.6) is 0 Å². The lowest BCUT2D eigenvalue weighted by Crippen LogP contribution is -2.18. The SMILES string of the molecule is CC(C(=O)O)c1cccc(C(=O)C2CCCCC2)c1. The van der Waals surface area contributed by atoms with Crippen molar-refractivity contribution in [1.82, 2.24) is 0 Å². The summed E-state index contributed by atoms with van der Waals surface area (Å²) in [6.45, 7) is 1.65. The van der Waals surface area contributed by atoms with E-state index in [1.165, 1.54) is 6.42 Å². The number of Topliss-reactive ketones (excluding diaryl/α,β-unsaturated/α-hetero) is 1. The zero-order chi connectivity index (χ0) is 13.8. The van der Waals surface area contributed by atoms with Gasteiger partial charge in [0.25, 0.3) is 0 Å². The second kappa shape index (κ2) is 6.00. The zero-order valence-electron chi connectivity index (χ0n) is 11.3. The van der Waals surface area contributed by atoms with Crippen molar-refractivity contribution >= 4 is 11.8 Å². The van der Waals surface area contributed by atoms with Crippen LogP contribution in [0.15, 0.2) is 24.3 Å². The van der Waals surface area contributed by atoms with Crippen molar-refractivity contribution in [2.24, 2.45) is 5.92 Å². The highest BCUT2D eigenvalue weighted by Gasteiger charge is 2.23. The molecule has 0 aliphatic heterocycles. The quantitative estimate of drug-likeness (QED) is 0.841. The van der Waals surface area contributed by atoms with Gasteiger partial charge in [0.1, 0.15) is 0 Å². The van der Waals surface area contributed by atoms with Gasteiger partial charge in [0.05, 0.1) is 5.92 Å². The molecule has 1 fully saturated rings. The number of ketones is 1. The van der Waals surface area contributed by atoms with Crippen LogP contribution in [0.4, 0.5) is 0 Å². The van der Waals surface area contributed by atoms with E-state index in [0.29, 0.717) is 11.1 Å². The van der Waals surface area contributed by atoms with Crippen molar-refractivity contribution in [3.63, 3.8) is 0 Å². The fraction of sp³-hybridized carbons (Fsp3) is 0.500. The van der Waals surface area contributed by atoms with Gasteiger partial charge in [-0.25, -0.2) is 0 Å². The summed E-state index contributed by atoms with van der Waals surface area (Å²) in [6, 6.07) is 7.10. The Morgan fingerprint density at radius 1 is 1.21 bits per heavy atom. The predicted molar refractivity (Wildman–Crippen MR) is 73.4 cm³/mol. The summed E-state index contributed by atoms with van der Waals surface area (Å²) in [6.07, 6.45) is 5.41. The van der Waals surface area contributed by atoms with E-state index in [1.54, 1.807) is 31.2 Å². The zero-order valence-corrected chi connectivity index (χ0v) is 11.3. The van der Waals surface area contributed by atoms with E-state index < -0.39 is 11.9 Å². The molecule has 0 saturated heterocycles. The first-order valence-corrected chi connectivity index (χ1v) is 6.96. The van der Waals surface area contributed by atoms with Crippen LogP contribution in [-0.4, -0.2) is 16.9 Å². The van der Waals surface area contributed by atoms with E-state index in [4.69, 9.17) is 5.11 Å². The third kappa shape index (κ3) is 3.22. The lowest BCUT2D eigenvalue weighted by molar-refractivity contribution is -0.138. The third-order valence-corrected chi connectivity index (χ3v) is 4.02. The number of aliphatic carboxylic acids is 1. The molecule has 1 atom stereocenters. The first kappa shape index (κ1) is 13.8. The number of carboxylic acids is 1. The Labute approximate surface area is 113 Å². The van der Waals surface area contributed by atoms with Crippen molar-refractivity contribution in [2.45, 2.75) is 44.9 Å². The second-order valence-corrected chi connectivity index (χ2v) is 5.38. The number of hydrogen-bond acceptors (Lipinski definition) is 2. The molecule has 1 aliphatic rings. The smallest absolute Gasteiger partial charge is 0.310 e. The molecule has 0 amide bonds. The molecule has 102 valence electrons. The molecule has 1 aromatic carbocycles. The Hall–Kier alpha value is -1.64. The summed E-state index contributed by atoms with van der Waals surface area (Å²) in [7, 11) is 0. The molecule has 1 unspecified atom stereocenters. The molecular formula is C16H20O3. The van der Waals surface area contributed by atoms with Crippen LogP contribution in [0.1, 0.15) is 60.9 Å². The van der Waals surface area contributed by atoms with Crippen LogP contribution in [0, 0.1) is 5.92 Å². The van der Waals surface area contributed by atoms with Gasteiger partial charge in [-0.05, 0) is 31.4 Å². The van der Waals surface area contributed by atoms with Crippen LogP contribution < -0.4 is 0 Å². The minimum atomic E-state index is -0.859. The number of carboxylic acid groups (broad SMARTS) is 1. The number of rotatable bonds is 4. The summed E-state index contributed by atoms with van der Waals surface area (Å²) in [5.41, 5.74) is 1.37. The van der Waals surface area contributed by atoms with Crippen molar-refractivity contribution < 1.29 is 14.7 Å². The van der Waals surface area contributed by atoms with Crippen LogP contribution in [0.3, 0.4) is 0 Å². The molecule has 0 aromatic heterocycles. The molecule has 1 aliphatic carbocycles. The first-order chi connectivity index (χ1) is 9.09. The lowest BCUT2D eigenvalue weighted by Gasteiger charge is -2.20. The first-order valence-electron chi connectivity index (χ1n) is 6.96. The lowest BCUT2D eigenvalue weighted by atomic mass is 9.83. The molecule has 0 bridgehead atoms. The Kier molecular flexibility index (Phi) is 4.35.